The van der Waals surface area contributed by atoms with Crippen LogP contribution in [0.3, 0.4) is 0 Å². The molecule has 0 spiro atoms. The zero-order valence-electron chi connectivity index (χ0n) is 9.82. The molecule has 2 aromatic heterocycles. The smallest absolute Gasteiger partial charge is 0.234 e. The molecular weight excluding hydrogens is 288 g/mol. The molecule has 6 nitrogen and oxygen atoms in total. The molecular formula is C11H11ClN4O2S. The molecule has 0 fully saturated rings. The Morgan fingerprint density at radius 2 is 1.89 bits per heavy atom. The Labute approximate surface area is 115 Å². The monoisotopic (exact) mass is 298 g/mol. The van der Waals surface area contributed by atoms with Crippen molar-refractivity contribution in [2.45, 2.75) is 6.42 Å². The second-order valence-electron chi connectivity index (χ2n) is 3.75. The van der Waals surface area contributed by atoms with Crippen molar-refractivity contribution < 1.29 is 8.42 Å². The quantitative estimate of drug-likeness (QED) is 0.904. The highest BCUT2D eigenvalue weighted by Crippen LogP contribution is 2.09. The molecule has 0 bridgehead atoms. The van der Waals surface area contributed by atoms with Crippen LogP contribution in [0.5, 0.6) is 0 Å². The van der Waals surface area contributed by atoms with Gasteiger partial charge in [-0.3, -0.25) is 14.7 Å². The number of rotatable bonds is 5. The normalized spacial score (nSPS) is 11.2. The first-order chi connectivity index (χ1) is 9.05. The highest BCUT2D eigenvalue weighted by molar-refractivity contribution is 7.92. The van der Waals surface area contributed by atoms with Crippen LogP contribution >= 0.6 is 11.6 Å². The molecule has 0 unspecified atom stereocenters. The third-order valence-electron chi connectivity index (χ3n) is 2.27. The van der Waals surface area contributed by atoms with Gasteiger partial charge >= 0.3 is 0 Å². The fourth-order valence-corrected chi connectivity index (χ4v) is 2.57. The molecule has 1 N–H and O–H groups in total. The first-order valence-corrected chi connectivity index (χ1v) is 7.45. The Morgan fingerprint density at radius 3 is 2.58 bits per heavy atom. The number of anilines is 1. The van der Waals surface area contributed by atoms with E-state index in [1.54, 1.807) is 24.5 Å². The number of nitrogens with one attached hydrogen (secondary N) is 1. The van der Waals surface area contributed by atoms with E-state index in [2.05, 4.69) is 19.7 Å². The molecule has 100 valence electrons. The van der Waals surface area contributed by atoms with Crippen LogP contribution < -0.4 is 4.72 Å². The second kappa shape index (κ2) is 5.94. The van der Waals surface area contributed by atoms with Crippen molar-refractivity contribution in [3.05, 3.63) is 47.6 Å². The van der Waals surface area contributed by atoms with Crippen molar-refractivity contribution in [1.29, 1.82) is 0 Å². The Kier molecular flexibility index (Phi) is 4.28. The molecule has 0 saturated heterocycles. The lowest BCUT2D eigenvalue weighted by molar-refractivity contribution is 0.600. The lowest BCUT2D eigenvalue weighted by atomic mass is 10.2. The summed E-state index contributed by atoms with van der Waals surface area (Å²) in [5.74, 6) is 0.0628. The number of sulfonamides is 1. The standard InChI is InChI=1S/C11H11ClN4O2S/c12-10-7-14-8-11(15-10)16-19(17,18)6-3-9-1-4-13-5-2-9/h1-2,4-5,7-8H,3,6H2,(H,15,16). The van der Waals surface area contributed by atoms with E-state index in [0.29, 0.717) is 6.42 Å². The number of nitrogens with zero attached hydrogens (tertiary/aromatic N) is 3. The molecule has 0 aliphatic carbocycles. The summed E-state index contributed by atoms with van der Waals surface area (Å²) in [5, 5.41) is 0.134. The average Bonchev–Trinajstić information content (AvgIpc) is 2.37. The fourth-order valence-electron chi connectivity index (χ4n) is 1.40. The molecule has 8 heteroatoms. The lowest BCUT2D eigenvalue weighted by Gasteiger charge is -2.06. The maximum absolute atomic E-state index is 11.8. The van der Waals surface area contributed by atoms with Gasteiger partial charge in [0, 0.05) is 12.4 Å². The van der Waals surface area contributed by atoms with Gasteiger partial charge in [0.2, 0.25) is 10.0 Å². The summed E-state index contributed by atoms with van der Waals surface area (Å²) in [7, 11) is -3.48. The van der Waals surface area contributed by atoms with Gasteiger partial charge in [-0.15, -0.1) is 0 Å². The predicted molar refractivity (Wildman–Crippen MR) is 72.4 cm³/mol. The summed E-state index contributed by atoms with van der Waals surface area (Å²) in [4.78, 5) is 11.4. The summed E-state index contributed by atoms with van der Waals surface area (Å²) in [6.07, 6.45) is 6.27. The van der Waals surface area contributed by atoms with Crippen LogP contribution in [-0.4, -0.2) is 29.1 Å². The molecule has 0 radical (unpaired) electrons. The molecule has 0 amide bonds. The lowest BCUT2D eigenvalue weighted by Crippen LogP contribution is -2.19. The van der Waals surface area contributed by atoms with Crippen molar-refractivity contribution in [3.8, 4) is 0 Å². The van der Waals surface area contributed by atoms with Gasteiger partial charge in [0.15, 0.2) is 5.82 Å². The SMILES string of the molecule is O=S(=O)(CCc1ccncc1)Nc1cncc(Cl)n1. The zero-order valence-corrected chi connectivity index (χ0v) is 11.4. The number of hydrogen-bond acceptors (Lipinski definition) is 5. The van der Waals surface area contributed by atoms with E-state index in [1.165, 1.54) is 12.4 Å². The first-order valence-electron chi connectivity index (χ1n) is 5.42. The maximum Gasteiger partial charge on any atom is 0.234 e. The Hall–Kier alpha value is -1.73. The van der Waals surface area contributed by atoms with Crippen LogP contribution in [0.25, 0.3) is 0 Å². The predicted octanol–water partition coefficient (Wildman–Crippen LogP) is 1.51. The van der Waals surface area contributed by atoms with E-state index in [1.807, 2.05) is 0 Å². The Morgan fingerprint density at radius 1 is 1.16 bits per heavy atom. The largest absolute Gasteiger partial charge is 0.266 e. The average molecular weight is 299 g/mol. The Bertz CT molecular complexity index is 649. The maximum atomic E-state index is 11.8. The second-order valence-corrected chi connectivity index (χ2v) is 5.98. The highest BCUT2D eigenvalue weighted by atomic mass is 35.5. The molecule has 0 aromatic carbocycles. The topological polar surface area (TPSA) is 84.8 Å². The number of hydrogen-bond donors (Lipinski definition) is 1. The molecule has 0 aliphatic heterocycles. The molecule has 19 heavy (non-hydrogen) atoms. The van der Waals surface area contributed by atoms with Crippen LogP contribution in [0, 0.1) is 0 Å². The highest BCUT2D eigenvalue weighted by Gasteiger charge is 2.11. The van der Waals surface area contributed by atoms with E-state index < -0.39 is 10.0 Å². The van der Waals surface area contributed by atoms with Crippen molar-refractivity contribution in [2.24, 2.45) is 0 Å². The van der Waals surface area contributed by atoms with Gasteiger partial charge < -0.3 is 0 Å². The van der Waals surface area contributed by atoms with Crippen molar-refractivity contribution in [1.82, 2.24) is 15.0 Å². The van der Waals surface area contributed by atoms with Gasteiger partial charge in [-0.1, -0.05) is 11.6 Å². The van der Waals surface area contributed by atoms with E-state index in [4.69, 9.17) is 11.6 Å². The van der Waals surface area contributed by atoms with Crippen LogP contribution in [0.1, 0.15) is 5.56 Å². The van der Waals surface area contributed by atoms with Crippen molar-refractivity contribution >= 4 is 27.4 Å². The summed E-state index contributed by atoms with van der Waals surface area (Å²) in [6, 6.07) is 3.55. The number of aromatic nitrogens is 3. The van der Waals surface area contributed by atoms with Gasteiger partial charge in [0.05, 0.1) is 18.1 Å². The minimum atomic E-state index is -3.48. The van der Waals surface area contributed by atoms with E-state index in [0.717, 1.165) is 5.56 Å². The van der Waals surface area contributed by atoms with Gasteiger partial charge in [-0.05, 0) is 24.1 Å². The molecule has 0 atom stereocenters. The molecule has 0 saturated carbocycles. The van der Waals surface area contributed by atoms with Crippen LogP contribution in [-0.2, 0) is 16.4 Å². The summed E-state index contributed by atoms with van der Waals surface area (Å²) in [6.45, 7) is 0. The third-order valence-corrected chi connectivity index (χ3v) is 3.72. The van der Waals surface area contributed by atoms with Crippen LogP contribution in [0.2, 0.25) is 5.15 Å². The van der Waals surface area contributed by atoms with Gasteiger partial charge in [0.25, 0.3) is 0 Å². The van der Waals surface area contributed by atoms with Crippen LogP contribution in [0.15, 0.2) is 36.9 Å². The van der Waals surface area contributed by atoms with Gasteiger partial charge in [0.1, 0.15) is 5.15 Å². The number of aryl methyl sites for hydroxylation is 1. The van der Waals surface area contributed by atoms with Gasteiger partial charge in [-0.25, -0.2) is 13.4 Å². The van der Waals surface area contributed by atoms with Gasteiger partial charge in [-0.2, -0.15) is 0 Å². The minimum absolute atomic E-state index is 0.0504. The van der Waals surface area contributed by atoms with E-state index in [-0.39, 0.29) is 16.7 Å². The molecule has 2 rings (SSSR count). The third kappa shape index (κ3) is 4.46. The summed E-state index contributed by atoms with van der Waals surface area (Å²) in [5.41, 5.74) is 0.901. The minimum Gasteiger partial charge on any atom is -0.266 e. The zero-order chi connectivity index (χ0) is 13.7. The molecule has 2 aromatic rings. The number of halogens is 1. The number of pyridine rings is 1. The molecule has 2 heterocycles. The van der Waals surface area contributed by atoms with E-state index >= 15 is 0 Å². The fraction of sp³-hybridized carbons (Fsp3) is 0.182. The van der Waals surface area contributed by atoms with Crippen LogP contribution in [0.4, 0.5) is 5.82 Å². The van der Waals surface area contributed by atoms with E-state index in [9.17, 15) is 8.42 Å². The molecule has 0 aliphatic rings. The van der Waals surface area contributed by atoms with Crippen molar-refractivity contribution in [3.63, 3.8) is 0 Å². The Balaban J connectivity index is 1.99. The first kappa shape index (κ1) is 13.7. The summed E-state index contributed by atoms with van der Waals surface area (Å²) >= 11 is 5.63. The summed E-state index contributed by atoms with van der Waals surface area (Å²) < 4.78 is 26.0. The van der Waals surface area contributed by atoms with Crippen molar-refractivity contribution in [2.75, 3.05) is 10.5 Å².